The van der Waals surface area contributed by atoms with Gasteiger partial charge in [0.25, 0.3) is 0 Å². The van der Waals surface area contributed by atoms with Crippen LogP contribution in [-0.4, -0.2) is 95.9 Å². The molecule has 1 aromatic rings. The van der Waals surface area contributed by atoms with Crippen LogP contribution in [0.4, 0.5) is 0 Å². The van der Waals surface area contributed by atoms with Gasteiger partial charge in [0.05, 0.1) is 6.54 Å². The van der Waals surface area contributed by atoms with E-state index < -0.39 is 10.8 Å². The molecule has 1 N–H and O–H groups in total. The fourth-order valence-corrected chi connectivity index (χ4v) is 5.21. The highest BCUT2D eigenvalue weighted by atomic mass is 127. The van der Waals surface area contributed by atoms with Crippen LogP contribution in [0.15, 0.2) is 35.3 Å². The highest BCUT2D eigenvalue weighted by molar-refractivity contribution is 14.0. The number of nitrogens with zero attached hydrogens (tertiary/aromatic N) is 4. The van der Waals surface area contributed by atoms with E-state index in [2.05, 4.69) is 25.0 Å². The summed E-state index contributed by atoms with van der Waals surface area (Å²) in [6.07, 6.45) is 4.76. The van der Waals surface area contributed by atoms with Crippen LogP contribution in [0.1, 0.15) is 31.2 Å². The van der Waals surface area contributed by atoms with Gasteiger partial charge in [0.15, 0.2) is 5.96 Å². The quantitative estimate of drug-likeness (QED) is 0.307. The topological polar surface area (TPSA) is 68.2 Å². The zero-order valence-electron chi connectivity index (χ0n) is 19.2. The fourth-order valence-electron chi connectivity index (χ4n) is 4.17. The summed E-state index contributed by atoms with van der Waals surface area (Å²) in [7, 11) is 0.893. The monoisotopic (exact) mass is 575 g/mol. The average Bonchev–Trinajstić information content (AvgIpc) is 3.08. The highest BCUT2D eigenvalue weighted by Crippen LogP contribution is 2.11. The van der Waals surface area contributed by atoms with Gasteiger partial charge in [-0.15, -0.1) is 24.0 Å². The number of piperazine rings is 1. The summed E-state index contributed by atoms with van der Waals surface area (Å²) < 4.78 is 12.3. The molecule has 2 aliphatic rings. The molecule has 1 unspecified atom stereocenters. The van der Waals surface area contributed by atoms with Crippen LogP contribution in [-0.2, 0) is 21.3 Å². The number of aliphatic imine (C=N–C) groups is 1. The van der Waals surface area contributed by atoms with Gasteiger partial charge in [-0.25, -0.2) is 0 Å². The Morgan fingerprint density at radius 1 is 0.969 bits per heavy atom. The van der Waals surface area contributed by atoms with Crippen molar-refractivity contribution < 1.29 is 9.00 Å². The number of nitrogens with one attached hydrogen (secondary N) is 1. The third-order valence-electron chi connectivity index (χ3n) is 5.98. The van der Waals surface area contributed by atoms with Crippen LogP contribution in [0.25, 0.3) is 0 Å². The van der Waals surface area contributed by atoms with Crippen molar-refractivity contribution in [3.63, 3.8) is 0 Å². The van der Waals surface area contributed by atoms with Crippen LogP contribution in [0.3, 0.4) is 0 Å². The highest BCUT2D eigenvalue weighted by Gasteiger charge is 2.23. The van der Waals surface area contributed by atoms with Crippen molar-refractivity contribution in [2.45, 2.75) is 31.4 Å². The summed E-state index contributed by atoms with van der Waals surface area (Å²) in [5.74, 6) is 2.32. The number of likely N-dealkylation sites (tertiary alicyclic amines) is 1. The first kappa shape index (κ1) is 27.0. The summed E-state index contributed by atoms with van der Waals surface area (Å²) in [4.78, 5) is 23.6. The van der Waals surface area contributed by atoms with Gasteiger partial charge in [-0.05, 0) is 18.4 Å². The molecule has 0 saturated carbocycles. The molecule has 1 atom stereocenters. The van der Waals surface area contributed by atoms with E-state index in [-0.39, 0.29) is 29.9 Å². The molecule has 0 spiro atoms. The predicted octanol–water partition coefficient (Wildman–Crippen LogP) is 2.15. The normalized spacial score (nSPS) is 19.1. The number of guanidine groups is 1. The summed E-state index contributed by atoms with van der Waals surface area (Å²) in [6, 6.07) is 9.97. The van der Waals surface area contributed by atoms with Crippen molar-refractivity contribution in [3.05, 3.63) is 35.9 Å². The minimum atomic E-state index is -0.897. The molecule has 1 amide bonds. The van der Waals surface area contributed by atoms with E-state index >= 15 is 0 Å². The summed E-state index contributed by atoms with van der Waals surface area (Å²) >= 11 is 0. The van der Waals surface area contributed by atoms with Gasteiger partial charge >= 0.3 is 0 Å². The Morgan fingerprint density at radius 2 is 1.62 bits per heavy atom. The molecular weight excluding hydrogens is 537 g/mol. The van der Waals surface area contributed by atoms with Crippen molar-refractivity contribution in [2.24, 2.45) is 4.99 Å². The van der Waals surface area contributed by atoms with Crippen molar-refractivity contribution in [1.82, 2.24) is 20.0 Å². The number of rotatable bonds is 7. The van der Waals surface area contributed by atoms with Crippen LogP contribution in [0, 0.1) is 0 Å². The van der Waals surface area contributed by atoms with E-state index in [0.29, 0.717) is 24.6 Å². The van der Waals surface area contributed by atoms with E-state index in [9.17, 15) is 9.00 Å². The lowest BCUT2D eigenvalue weighted by molar-refractivity contribution is -0.132. The second kappa shape index (κ2) is 14.8. The summed E-state index contributed by atoms with van der Waals surface area (Å²) in [5, 5.41) is 3.36. The molecule has 2 heterocycles. The minimum absolute atomic E-state index is 0. The van der Waals surface area contributed by atoms with Gasteiger partial charge in [0, 0.05) is 75.2 Å². The van der Waals surface area contributed by atoms with Crippen LogP contribution < -0.4 is 5.32 Å². The number of carbonyl (C=O) groups is 1. The van der Waals surface area contributed by atoms with Crippen LogP contribution in [0.5, 0.6) is 0 Å². The van der Waals surface area contributed by atoms with Crippen LogP contribution >= 0.6 is 24.0 Å². The number of halogens is 1. The average molecular weight is 576 g/mol. The number of benzene rings is 1. The Balaban J connectivity index is 0.00000363. The lowest BCUT2D eigenvalue weighted by atomic mass is 10.2. The molecule has 32 heavy (non-hydrogen) atoms. The van der Waals surface area contributed by atoms with Gasteiger partial charge < -0.3 is 15.1 Å². The van der Waals surface area contributed by atoms with Crippen molar-refractivity contribution in [1.29, 1.82) is 0 Å². The van der Waals surface area contributed by atoms with Gasteiger partial charge in [0.2, 0.25) is 5.91 Å². The lowest BCUT2D eigenvalue weighted by Gasteiger charge is -2.37. The summed E-state index contributed by atoms with van der Waals surface area (Å²) in [5.41, 5.74) is 1.11. The fraction of sp³-hybridized carbons (Fsp3) is 0.652. The second-order valence-corrected chi connectivity index (χ2v) is 9.88. The molecule has 180 valence electrons. The molecule has 7 nitrogen and oxygen atoms in total. The van der Waals surface area contributed by atoms with Crippen molar-refractivity contribution in [3.8, 4) is 0 Å². The minimum Gasteiger partial charge on any atom is -0.355 e. The molecule has 0 radical (unpaired) electrons. The Kier molecular flexibility index (Phi) is 12.6. The Bertz CT molecular complexity index is 733. The zero-order chi connectivity index (χ0) is 21.9. The standard InChI is InChI=1S/C23H37N5O2S.HI/c1-24-23(25-11-18-31(30)20-21-9-5-4-6-10-21)28-16-14-26(15-17-28)19-22(29)27-12-7-2-3-8-13-27;/h4-6,9-10H,2-3,7-8,11-20H2,1H3,(H,24,25);1H. The molecule has 0 aliphatic carbocycles. The van der Waals surface area contributed by atoms with Gasteiger partial charge in [-0.3, -0.25) is 18.9 Å². The van der Waals surface area contributed by atoms with Gasteiger partial charge in [0.1, 0.15) is 0 Å². The molecule has 2 fully saturated rings. The molecule has 0 aromatic heterocycles. The maximum atomic E-state index is 12.6. The molecular formula is C23H38IN5O2S. The summed E-state index contributed by atoms with van der Waals surface area (Å²) in [6.45, 7) is 6.42. The zero-order valence-corrected chi connectivity index (χ0v) is 22.4. The first-order valence-corrected chi connectivity index (χ1v) is 13.0. The third-order valence-corrected chi connectivity index (χ3v) is 7.30. The molecule has 2 aliphatic heterocycles. The third kappa shape index (κ3) is 8.97. The number of hydrogen-bond donors (Lipinski definition) is 1. The van der Waals surface area contributed by atoms with Gasteiger partial charge in [-0.1, -0.05) is 43.2 Å². The lowest BCUT2D eigenvalue weighted by Crippen LogP contribution is -2.54. The number of amides is 1. The van der Waals surface area contributed by atoms with Gasteiger partial charge in [-0.2, -0.15) is 0 Å². The largest absolute Gasteiger partial charge is 0.355 e. The number of hydrogen-bond acceptors (Lipinski definition) is 4. The molecule has 0 bridgehead atoms. The number of carbonyl (C=O) groups excluding carboxylic acids is 1. The molecule has 9 heteroatoms. The Hall–Kier alpha value is -1.20. The molecule has 3 rings (SSSR count). The van der Waals surface area contributed by atoms with E-state index in [1.54, 1.807) is 7.05 Å². The maximum Gasteiger partial charge on any atom is 0.236 e. The molecule has 1 aromatic carbocycles. The van der Waals surface area contributed by atoms with E-state index in [0.717, 1.165) is 63.6 Å². The van der Waals surface area contributed by atoms with E-state index in [1.807, 2.05) is 30.3 Å². The molecule has 2 saturated heterocycles. The maximum absolute atomic E-state index is 12.6. The smallest absolute Gasteiger partial charge is 0.236 e. The van der Waals surface area contributed by atoms with Crippen molar-refractivity contribution >= 4 is 46.6 Å². The predicted molar refractivity (Wildman–Crippen MR) is 143 cm³/mol. The first-order chi connectivity index (χ1) is 15.2. The Morgan fingerprint density at radius 3 is 2.25 bits per heavy atom. The van der Waals surface area contributed by atoms with E-state index in [4.69, 9.17) is 0 Å². The van der Waals surface area contributed by atoms with Crippen LogP contribution in [0.2, 0.25) is 0 Å². The SMILES string of the molecule is CN=C(NCCS(=O)Cc1ccccc1)N1CCN(CC(=O)N2CCCCCC2)CC1.I. The first-order valence-electron chi connectivity index (χ1n) is 11.5. The second-order valence-electron chi connectivity index (χ2n) is 8.31. The van der Waals surface area contributed by atoms with E-state index in [1.165, 1.54) is 12.8 Å². The Labute approximate surface area is 212 Å². The van der Waals surface area contributed by atoms with Crippen molar-refractivity contribution in [2.75, 3.05) is 65.2 Å².